The first kappa shape index (κ1) is 12.8. The SMILES string of the molecule is Nc1onc(-c2ccncc2F)c1-c1ccc(Br)cc1. The summed E-state index contributed by atoms with van der Waals surface area (Å²) in [6.07, 6.45) is 2.63. The molecular formula is C14H9BrFN3O. The average molecular weight is 334 g/mol. The lowest BCUT2D eigenvalue weighted by Gasteiger charge is -2.03. The maximum absolute atomic E-state index is 13.9. The van der Waals surface area contributed by atoms with Crippen LogP contribution in [0.1, 0.15) is 0 Å². The summed E-state index contributed by atoms with van der Waals surface area (Å²) in [6, 6.07) is 8.99. The van der Waals surface area contributed by atoms with Crippen LogP contribution in [0.2, 0.25) is 0 Å². The maximum Gasteiger partial charge on any atom is 0.230 e. The van der Waals surface area contributed by atoms with Gasteiger partial charge >= 0.3 is 0 Å². The number of benzene rings is 1. The summed E-state index contributed by atoms with van der Waals surface area (Å²) in [4.78, 5) is 3.72. The predicted octanol–water partition coefficient (Wildman–Crippen LogP) is 3.89. The van der Waals surface area contributed by atoms with Crippen LogP contribution < -0.4 is 5.73 Å². The second-order valence-electron chi connectivity index (χ2n) is 4.13. The number of hydrogen-bond donors (Lipinski definition) is 1. The van der Waals surface area contributed by atoms with Crippen LogP contribution in [0.15, 0.2) is 51.7 Å². The molecule has 0 atom stereocenters. The molecule has 1 aromatic carbocycles. The fraction of sp³-hybridized carbons (Fsp3) is 0. The van der Waals surface area contributed by atoms with Crippen molar-refractivity contribution in [3.63, 3.8) is 0 Å². The van der Waals surface area contributed by atoms with Crippen molar-refractivity contribution in [1.29, 1.82) is 0 Å². The zero-order valence-electron chi connectivity index (χ0n) is 10.2. The largest absolute Gasteiger partial charge is 0.367 e. The molecule has 2 aromatic heterocycles. The van der Waals surface area contributed by atoms with E-state index in [9.17, 15) is 4.39 Å². The summed E-state index contributed by atoms with van der Waals surface area (Å²) >= 11 is 3.36. The first-order chi connectivity index (χ1) is 9.66. The Hall–Kier alpha value is -2.21. The van der Waals surface area contributed by atoms with Gasteiger partial charge in [-0.25, -0.2) is 4.39 Å². The van der Waals surface area contributed by atoms with Crippen LogP contribution in [0.25, 0.3) is 22.4 Å². The average Bonchev–Trinajstić information content (AvgIpc) is 2.82. The van der Waals surface area contributed by atoms with E-state index in [4.69, 9.17) is 10.3 Å². The molecule has 0 fully saturated rings. The third-order valence-corrected chi connectivity index (χ3v) is 3.41. The number of aromatic nitrogens is 2. The lowest BCUT2D eigenvalue weighted by molar-refractivity contribution is 0.439. The molecule has 0 aliphatic heterocycles. The molecule has 4 nitrogen and oxygen atoms in total. The third-order valence-electron chi connectivity index (χ3n) is 2.88. The normalized spacial score (nSPS) is 10.7. The monoisotopic (exact) mass is 333 g/mol. The Kier molecular flexibility index (Phi) is 3.23. The molecule has 0 saturated carbocycles. The van der Waals surface area contributed by atoms with Gasteiger partial charge in [-0.2, -0.15) is 0 Å². The van der Waals surface area contributed by atoms with E-state index in [-0.39, 0.29) is 5.88 Å². The molecule has 0 saturated heterocycles. The quantitative estimate of drug-likeness (QED) is 0.772. The number of rotatable bonds is 2. The molecule has 6 heteroatoms. The fourth-order valence-electron chi connectivity index (χ4n) is 1.95. The van der Waals surface area contributed by atoms with E-state index in [0.717, 1.165) is 16.2 Å². The van der Waals surface area contributed by atoms with E-state index < -0.39 is 5.82 Å². The number of nitrogens with zero attached hydrogens (tertiary/aromatic N) is 2. The zero-order chi connectivity index (χ0) is 14.1. The van der Waals surface area contributed by atoms with Crippen LogP contribution in [-0.4, -0.2) is 10.1 Å². The van der Waals surface area contributed by atoms with Crippen LogP contribution in [-0.2, 0) is 0 Å². The number of nitrogens with two attached hydrogens (primary N) is 1. The Bertz CT molecular complexity index is 755. The second kappa shape index (κ2) is 5.05. The van der Waals surface area contributed by atoms with Gasteiger partial charge in [0, 0.05) is 16.2 Å². The standard InChI is InChI=1S/C14H9BrFN3O/c15-9-3-1-8(2-4-9)12-13(19-20-14(12)17)10-5-6-18-7-11(10)16/h1-7H,17H2. The molecule has 0 aliphatic carbocycles. The fourth-order valence-corrected chi connectivity index (χ4v) is 2.21. The van der Waals surface area contributed by atoms with Crippen LogP contribution >= 0.6 is 15.9 Å². The van der Waals surface area contributed by atoms with Gasteiger partial charge < -0.3 is 10.3 Å². The zero-order valence-corrected chi connectivity index (χ0v) is 11.8. The highest BCUT2D eigenvalue weighted by molar-refractivity contribution is 9.10. The Morgan fingerprint density at radius 2 is 1.90 bits per heavy atom. The molecule has 0 radical (unpaired) electrons. The van der Waals surface area contributed by atoms with Gasteiger partial charge in [0.1, 0.15) is 5.69 Å². The topological polar surface area (TPSA) is 64.9 Å². The minimum Gasteiger partial charge on any atom is -0.367 e. The third kappa shape index (κ3) is 2.18. The van der Waals surface area contributed by atoms with Crippen LogP contribution in [0.4, 0.5) is 10.3 Å². The van der Waals surface area contributed by atoms with Gasteiger partial charge in [-0.1, -0.05) is 33.2 Å². The van der Waals surface area contributed by atoms with Crippen molar-refractivity contribution in [2.24, 2.45) is 0 Å². The minimum absolute atomic E-state index is 0.151. The molecule has 2 N–H and O–H groups in total. The molecule has 2 heterocycles. The van der Waals surface area contributed by atoms with E-state index >= 15 is 0 Å². The van der Waals surface area contributed by atoms with Gasteiger partial charge in [-0.3, -0.25) is 4.98 Å². The molecule has 3 rings (SSSR count). The Morgan fingerprint density at radius 3 is 2.60 bits per heavy atom. The van der Waals surface area contributed by atoms with Crippen molar-refractivity contribution >= 4 is 21.8 Å². The molecule has 0 bridgehead atoms. The van der Waals surface area contributed by atoms with Gasteiger partial charge in [-0.15, -0.1) is 0 Å². The van der Waals surface area contributed by atoms with Crippen molar-refractivity contribution in [2.75, 3.05) is 5.73 Å². The Balaban J connectivity index is 2.20. The van der Waals surface area contributed by atoms with Crippen LogP contribution in [0.3, 0.4) is 0 Å². The molecular weight excluding hydrogens is 325 g/mol. The van der Waals surface area contributed by atoms with Crippen molar-refractivity contribution in [3.05, 3.63) is 53.0 Å². The molecule has 20 heavy (non-hydrogen) atoms. The van der Waals surface area contributed by atoms with Gasteiger partial charge in [0.05, 0.1) is 11.8 Å². The van der Waals surface area contributed by atoms with Crippen LogP contribution in [0, 0.1) is 5.82 Å². The number of hydrogen-bond acceptors (Lipinski definition) is 4. The van der Waals surface area contributed by atoms with Crippen molar-refractivity contribution in [1.82, 2.24) is 10.1 Å². The second-order valence-corrected chi connectivity index (χ2v) is 5.05. The molecule has 0 amide bonds. The van der Waals surface area contributed by atoms with Crippen molar-refractivity contribution in [3.8, 4) is 22.4 Å². The molecule has 0 spiro atoms. The highest BCUT2D eigenvalue weighted by Crippen LogP contribution is 2.37. The maximum atomic E-state index is 13.9. The lowest BCUT2D eigenvalue weighted by atomic mass is 10.0. The number of pyridine rings is 1. The van der Waals surface area contributed by atoms with Gasteiger partial charge in [-0.05, 0) is 23.8 Å². The summed E-state index contributed by atoms with van der Waals surface area (Å²) in [7, 11) is 0. The molecule has 0 aliphatic rings. The lowest BCUT2D eigenvalue weighted by Crippen LogP contribution is -1.90. The number of halogens is 2. The van der Waals surface area contributed by atoms with E-state index in [1.807, 2.05) is 24.3 Å². The summed E-state index contributed by atoms with van der Waals surface area (Å²) < 4.78 is 19.8. The smallest absolute Gasteiger partial charge is 0.230 e. The van der Waals surface area contributed by atoms with Crippen molar-refractivity contribution in [2.45, 2.75) is 0 Å². The van der Waals surface area contributed by atoms with Crippen LogP contribution in [0.5, 0.6) is 0 Å². The van der Waals surface area contributed by atoms with Gasteiger partial charge in [0.2, 0.25) is 5.88 Å². The van der Waals surface area contributed by atoms with E-state index in [0.29, 0.717) is 16.8 Å². The number of nitrogen functional groups attached to an aromatic ring is 1. The highest BCUT2D eigenvalue weighted by Gasteiger charge is 2.19. The minimum atomic E-state index is -0.473. The Labute approximate surface area is 122 Å². The molecule has 3 aromatic rings. The van der Waals surface area contributed by atoms with E-state index in [2.05, 4.69) is 26.1 Å². The summed E-state index contributed by atoms with van der Waals surface area (Å²) in [5.74, 6) is -0.322. The molecule has 0 unspecified atom stereocenters. The Morgan fingerprint density at radius 1 is 1.15 bits per heavy atom. The molecule has 100 valence electrons. The summed E-state index contributed by atoms with van der Waals surface area (Å²) in [5, 5.41) is 3.87. The van der Waals surface area contributed by atoms with Gasteiger partial charge in [0.25, 0.3) is 0 Å². The first-order valence-corrected chi connectivity index (χ1v) is 6.57. The summed E-state index contributed by atoms with van der Waals surface area (Å²) in [5.41, 5.74) is 7.87. The van der Waals surface area contributed by atoms with Crippen molar-refractivity contribution < 1.29 is 8.91 Å². The highest BCUT2D eigenvalue weighted by atomic mass is 79.9. The predicted molar refractivity (Wildman–Crippen MR) is 77.2 cm³/mol. The number of anilines is 1. The van der Waals surface area contributed by atoms with Gasteiger partial charge in [0.15, 0.2) is 5.82 Å². The first-order valence-electron chi connectivity index (χ1n) is 5.78. The van der Waals surface area contributed by atoms with E-state index in [1.165, 1.54) is 12.3 Å². The summed E-state index contributed by atoms with van der Waals surface area (Å²) in [6.45, 7) is 0. The van der Waals surface area contributed by atoms with E-state index in [1.54, 1.807) is 0 Å².